The zero-order valence-electron chi connectivity index (χ0n) is 13.4. The lowest BCUT2D eigenvalue weighted by Gasteiger charge is -2.14. The molecule has 1 aromatic heterocycles. The predicted molar refractivity (Wildman–Crippen MR) is 90.9 cm³/mol. The lowest BCUT2D eigenvalue weighted by Crippen LogP contribution is -2.23. The minimum absolute atomic E-state index is 0.0883. The maximum Gasteiger partial charge on any atom is 0.416 e. The third-order valence-electron chi connectivity index (χ3n) is 3.42. The van der Waals surface area contributed by atoms with Gasteiger partial charge in [-0.25, -0.2) is 9.75 Å². The second-order valence-corrected chi connectivity index (χ2v) is 6.40. The maximum atomic E-state index is 12.9. The quantitative estimate of drug-likeness (QED) is 0.319. The molecule has 0 aliphatic carbocycles. The summed E-state index contributed by atoms with van der Waals surface area (Å²) in [6.45, 7) is 1.46. The number of aryl methyl sites for hydroxylation is 1. The van der Waals surface area contributed by atoms with Crippen molar-refractivity contribution in [2.45, 2.75) is 18.0 Å². The summed E-state index contributed by atoms with van der Waals surface area (Å²) in [6.07, 6.45) is -2.83. The summed E-state index contributed by atoms with van der Waals surface area (Å²) >= 11 is 7.25. The Morgan fingerprint density at radius 2 is 2.04 bits per heavy atom. The number of halogens is 4. The minimum Gasteiger partial charge on any atom is -0.383 e. The van der Waals surface area contributed by atoms with Crippen LogP contribution in [0.1, 0.15) is 16.8 Å². The smallest absolute Gasteiger partial charge is 0.383 e. The zero-order valence-corrected chi connectivity index (χ0v) is 15.0. The van der Waals surface area contributed by atoms with E-state index in [0.29, 0.717) is 9.96 Å². The standard InChI is InChI=1S/C14H15ClF3N5OS/c1-6-4-7(14(16,17)18)5-8(15)10(6)23-13(20)11(25-3)9(21-23)12(19)22(2)24/h4-5,19,24H,20H2,1-3H3. The van der Waals surface area contributed by atoms with Crippen LogP contribution in [0, 0.1) is 12.3 Å². The van der Waals surface area contributed by atoms with E-state index in [4.69, 9.17) is 22.7 Å². The molecule has 0 atom stereocenters. The highest BCUT2D eigenvalue weighted by Gasteiger charge is 2.32. The van der Waals surface area contributed by atoms with Gasteiger partial charge >= 0.3 is 6.18 Å². The Bertz CT molecular complexity index is 812. The van der Waals surface area contributed by atoms with E-state index in [0.717, 1.165) is 12.1 Å². The van der Waals surface area contributed by atoms with Crippen LogP contribution in [0.5, 0.6) is 0 Å². The number of nitrogen functional groups attached to an aromatic ring is 1. The number of hydroxylamine groups is 2. The molecule has 1 heterocycles. The molecule has 136 valence electrons. The monoisotopic (exact) mass is 393 g/mol. The fourth-order valence-electron chi connectivity index (χ4n) is 2.27. The van der Waals surface area contributed by atoms with Gasteiger partial charge in [0.2, 0.25) is 0 Å². The first-order chi connectivity index (χ1) is 11.5. The molecule has 11 heteroatoms. The van der Waals surface area contributed by atoms with E-state index in [1.807, 2.05) is 0 Å². The number of rotatable bonds is 3. The lowest BCUT2D eigenvalue weighted by atomic mass is 10.1. The van der Waals surface area contributed by atoms with Gasteiger partial charge in [-0.3, -0.25) is 10.6 Å². The molecule has 0 unspecified atom stereocenters. The first-order valence-corrected chi connectivity index (χ1v) is 8.41. The maximum absolute atomic E-state index is 12.9. The van der Waals surface area contributed by atoms with Gasteiger partial charge in [0.1, 0.15) is 11.5 Å². The van der Waals surface area contributed by atoms with Crippen molar-refractivity contribution < 1.29 is 18.4 Å². The molecular weight excluding hydrogens is 379 g/mol. The molecule has 0 saturated heterocycles. The molecule has 0 amide bonds. The van der Waals surface area contributed by atoms with Gasteiger partial charge in [-0.05, 0) is 30.9 Å². The number of anilines is 1. The van der Waals surface area contributed by atoms with Gasteiger partial charge in [-0.15, -0.1) is 11.8 Å². The van der Waals surface area contributed by atoms with Crippen molar-refractivity contribution in [3.63, 3.8) is 0 Å². The number of alkyl halides is 3. The van der Waals surface area contributed by atoms with Crippen LogP contribution in [0.3, 0.4) is 0 Å². The summed E-state index contributed by atoms with van der Waals surface area (Å²) < 4.78 is 39.9. The average molecular weight is 394 g/mol. The summed E-state index contributed by atoms with van der Waals surface area (Å²) in [7, 11) is 1.25. The van der Waals surface area contributed by atoms with Crippen molar-refractivity contribution in [1.82, 2.24) is 14.8 Å². The first kappa shape index (κ1) is 19.4. The SMILES string of the molecule is CSc1c(C(=N)N(C)O)nn(-c2c(C)cc(C(F)(F)F)cc2Cl)c1N. The Balaban J connectivity index is 2.70. The van der Waals surface area contributed by atoms with E-state index in [1.54, 1.807) is 6.26 Å². The first-order valence-electron chi connectivity index (χ1n) is 6.80. The van der Waals surface area contributed by atoms with Gasteiger partial charge in [0.25, 0.3) is 0 Å². The van der Waals surface area contributed by atoms with Crippen molar-refractivity contribution in [3.05, 3.63) is 34.0 Å². The predicted octanol–water partition coefficient (Wildman–Crippen LogP) is 3.80. The van der Waals surface area contributed by atoms with E-state index >= 15 is 0 Å². The Morgan fingerprint density at radius 1 is 1.44 bits per heavy atom. The fourth-order valence-corrected chi connectivity index (χ4v) is 3.24. The summed E-state index contributed by atoms with van der Waals surface area (Å²) in [6, 6.07) is 1.75. The number of nitrogens with one attached hydrogen (secondary N) is 1. The highest BCUT2D eigenvalue weighted by molar-refractivity contribution is 7.98. The zero-order chi connectivity index (χ0) is 19.1. The number of thioether (sulfide) groups is 1. The molecule has 1 aromatic carbocycles. The minimum atomic E-state index is -4.53. The topological polar surface area (TPSA) is 91.2 Å². The normalized spacial score (nSPS) is 11.7. The third kappa shape index (κ3) is 3.55. The Morgan fingerprint density at radius 3 is 2.48 bits per heavy atom. The average Bonchev–Trinajstić information content (AvgIpc) is 2.81. The molecule has 4 N–H and O–H groups in total. The molecule has 2 rings (SSSR count). The number of hydrogen-bond donors (Lipinski definition) is 3. The number of benzene rings is 1. The highest BCUT2D eigenvalue weighted by atomic mass is 35.5. The van der Waals surface area contributed by atoms with Crippen molar-refractivity contribution in [1.29, 1.82) is 5.41 Å². The molecule has 0 radical (unpaired) electrons. The van der Waals surface area contributed by atoms with Crippen LogP contribution in [-0.4, -0.2) is 39.2 Å². The second kappa shape index (κ2) is 6.77. The lowest BCUT2D eigenvalue weighted by molar-refractivity contribution is -0.137. The molecule has 0 bridgehead atoms. The summed E-state index contributed by atoms with van der Waals surface area (Å²) in [5, 5.41) is 21.9. The van der Waals surface area contributed by atoms with E-state index < -0.39 is 11.7 Å². The highest BCUT2D eigenvalue weighted by Crippen LogP contribution is 2.37. The number of hydrogen-bond acceptors (Lipinski definition) is 5. The molecule has 0 saturated carbocycles. The molecule has 6 nitrogen and oxygen atoms in total. The summed E-state index contributed by atoms with van der Waals surface area (Å²) in [5.41, 5.74) is 5.66. The molecule has 0 fully saturated rings. The van der Waals surface area contributed by atoms with Gasteiger partial charge < -0.3 is 5.73 Å². The summed E-state index contributed by atoms with van der Waals surface area (Å²) in [4.78, 5) is 0.404. The van der Waals surface area contributed by atoms with Gasteiger partial charge in [0.15, 0.2) is 5.84 Å². The van der Waals surface area contributed by atoms with E-state index in [9.17, 15) is 18.4 Å². The van der Waals surface area contributed by atoms with Crippen LogP contribution in [0.25, 0.3) is 5.69 Å². The third-order valence-corrected chi connectivity index (χ3v) is 4.52. The number of aromatic nitrogens is 2. The van der Waals surface area contributed by atoms with E-state index in [-0.39, 0.29) is 33.6 Å². The van der Waals surface area contributed by atoms with Gasteiger partial charge in [-0.1, -0.05) is 11.6 Å². The largest absolute Gasteiger partial charge is 0.416 e. The van der Waals surface area contributed by atoms with Gasteiger partial charge in [0, 0.05) is 7.05 Å². The van der Waals surface area contributed by atoms with E-state index in [1.165, 1.54) is 30.4 Å². The van der Waals surface area contributed by atoms with Crippen LogP contribution in [0.4, 0.5) is 19.0 Å². The number of nitrogens with two attached hydrogens (primary N) is 1. The fraction of sp³-hybridized carbons (Fsp3) is 0.286. The van der Waals surface area contributed by atoms with Gasteiger partial charge in [0.05, 0.1) is 21.2 Å². The second-order valence-electron chi connectivity index (χ2n) is 5.17. The van der Waals surface area contributed by atoms with Crippen molar-refractivity contribution in [2.24, 2.45) is 0 Å². The molecule has 2 aromatic rings. The van der Waals surface area contributed by atoms with Gasteiger partial charge in [-0.2, -0.15) is 18.3 Å². The van der Waals surface area contributed by atoms with Crippen molar-refractivity contribution >= 4 is 35.0 Å². The molecular formula is C14H15ClF3N5OS. The Kier molecular flexibility index (Phi) is 5.26. The van der Waals surface area contributed by atoms with Crippen LogP contribution in [-0.2, 0) is 6.18 Å². The molecule has 0 aliphatic heterocycles. The Hall–Kier alpha value is -1.91. The molecule has 0 aliphatic rings. The van der Waals surface area contributed by atoms with Crippen LogP contribution in [0.2, 0.25) is 5.02 Å². The molecule has 0 spiro atoms. The molecule has 25 heavy (non-hydrogen) atoms. The van der Waals surface area contributed by atoms with Crippen molar-refractivity contribution in [3.8, 4) is 5.69 Å². The van der Waals surface area contributed by atoms with Crippen LogP contribution in [0.15, 0.2) is 17.0 Å². The number of nitrogens with zero attached hydrogens (tertiary/aromatic N) is 3. The Labute approximate surface area is 150 Å². The van der Waals surface area contributed by atoms with Crippen LogP contribution < -0.4 is 5.73 Å². The van der Waals surface area contributed by atoms with Crippen LogP contribution >= 0.6 is 23.4 Å². The summed E-state index contributed by atoms with van der Waals surface area (Å²) in [5.74, 6) is -0.200. The van der Waals surface area contributed by atoms with Crippen molar-refractivity contribution in [2.75, 3.05) is 19.0 Å². The van der Waals surface area contributed by atoms with E-state index in [2.05, 4.69) is 5.10 Å². The number of amidine groups is 1.